The maximum absolute atomic E-state index is 10.5. The topological polar surface area (TPSA) is 43.8 Å². The van der Waals surface area contributed by atoms with Crippen LogP contribution in [0.4, 0.5) is 0 Å². The number of hydrogen-bond donors (Lipinski definition) is 1. The summed E-state index contributed by atoms with van der Waals surface area (Å²) in [6.07, 6.45) is 5.45. The highest BCUT2D eigenvalue weighted by Crippen LogP contribution is 2.20. The van der Waals surface area contributed by atoms with E-state index >= 15 is 0 Å². The van der Waals surface area contributed by atoms with Gasteiger partial charge in [0, 0.05) is 12.6 Å². The van der Waals surface area contributed by atoms with Gasteiger partial charge in [0.25, 0.3) is 0 Å². The smallest absolute Gasteiger partial charge is 0.304 e. The number of rotatable bonds is 4. The zero-order valence-corrected chi connectivity index (χ0v) is 11.1. The summed E-state index contributed by atoms with van der Waals surface area (Å²) in [5.41, 5.74) is 0. The fourth-order valence-corrected chi connectivity index (χ4v) is 2.87. The highest BCUT2D eigenvalue weighted by atomic mass is 35.5. The van der Waals surface area contributed by atoms with Crippen LogP contribution in [0.1, 0.15) is 32.1 Å². The molecule has 0 unspecified atom stereocenters. The van der Waals surface area contributed by atoms with Crippen LogP contribution >= 0.6 is 12.4 Å². The maximum Gasteiger partial charge on any atom is 0.304 e. The number of hydrogen-bond acceptors (Lipinski definition) is 3. The fraction of sp³-hybridized carbons (Fsp3) is 0.917. The molecule has 2 heterocycles. The average molecular weight is 263 g/mol. The minimum atomic E-state index is -0.679. The van der Waals surface area contributed by atoms with Crippen molar-refractivity contribution in [3.63, 3.8) is 0 Å². The van der Waals surface area contributed by atoms with E-state index in [-0.39, 0.29) is 18.8 Å². The molecule has 2 saturated heterocycles. The molecule has 0 bridgehead atoms. The number of nitrogens with zero attached hydrogens (tertiary/aromatic N) is 2. The Kier molecular flexibility index (Phi) is 6.23. The Bertz CT molecular complexity index is 237. The van der Waals surface area contributed by atoms with Crippen molar-refractivity contribution in [1.82, 2.24) is 9.80 Å². The highest BCUT2D eigenvalue weighted by Gasteiger charge is 2.26. The molecule has 100 valence electrons. The molecule has 0 aliphatic carbocycles. The molecule has 2 rings (SSSR count). The molecule has 0 spiro atoms. The van der Waals surface area contributed by atoms with Crippen LogP contribution in [0.25, 0.3) is 0 Å². The second kappa shape index (κ2) is 7.19. The van der Waals surface area contributed by atoms with Gasteiger partial charge in [-0.1, -0.05) is 0 Å². The van der Waals surface area contributed by atoms with Gasteiger partial charge in [0.15, 0.2) is 0 Å². The zero-order valence-electron chi connectivity index (χ0n) is 10.3. The third kappa shape index (κ3) is 4.45. The Balaban J connectivity index is 0.00000144. The second-order valence-electron chi connectivity index (χ2n) is 4.96. The van der Waals surface area contributed by atoms with Crippen molar-refractivity contribution in [1.29, 1.82) is 0 Å². The number of carbonyl (C=O) groups is 1. The van der Waals surface area contributed by atoms with Gasteiger partial charge in [-0.25, -0.2) is 0 Å². The number of aliphatic carboxylic acids is 1. The van der Waals surface area contributed by atoms with Crippen LogP contribution in [-0.2, 0) is 4.79 Å². The Morgan fingerprint density at radius 3 is 2.24 bits per heavy atom. The van der Waals surface area contributed by atoms with Crippen molar-refractivity contribution in [2.75, 3.05) is 32.7 Å². The molecule has 0 aromatic heterocycles. The molecule has 0 amide bonds. The molecule has 0 atom stereocenters. The molecule has 0 aromatic rings. The van der Waals surface area contributed by atoms with Crippen molar-refractivity contribution >= 4 is 18.4 Å². The summed E-state index contributed by atoms with van der Waals surface area (Å²) < 4.78 is 0. The number of carboxylic acid groups (broad SMARTS) is 1. The Morgan fingerprint density at radius 2 is 1.71 bits per heavy atom. The molecular weight excluding hydrogens is 240 g/mol. The van der Waals surface area contributed by atoms with Crippen LogP contribution in [0.3, 0.4) is 0 Å². The second-order valence-corrected chi connectivity index (χ2v) is 4.96. The summed E-state index contributed by atoms with van der Waals surface area (Å²) in [6, 6.07) is 0.767. The molecule has 2 aliphatic rings. The van der Waals surface area contributed by atoms with Gasteiger partial charge in [-0.3, -0.25) is 4.79 Å². The first-order chi connectivity index (χ1) is 7.75. The van der Waals surface area contributed by atoms with Crippen molar-refractivity contribution in [2.45, 2.75) is 38.1 Å². The van der Waals surface area contributed by atoms with E-state index in [0.29, 0.717) is 0 Å². The van der Waals surface area contributed by atoms with Gasteiger partial charge in [-0.15, -0.1) is 12.4 Å². The summed E-state index contributed by atoms with van der Waals surface area (Å²) in [5, 5.41) is 8.63. The predicted octanol–water partition coefficient (Wildman–Crippen LogP) is 1.44. The lowest BCUT2D eigenvalue weighted by Gasteiger charge is -2.36. The molecular formula is C12H23ClN2O2. The molecule has 0 radical (unpaired) electrons. The van der Waals surface area contributed by atoms with Crippen LogP contribution in [-0.4, -0.2) is 59.6 Å². The van der Waals surface area contributed by atoms with E-state index in [4.69, 9.17) is 5.11 Å². The Labute approximate surface area is 109 Å². The molecule has 0 saturated carbocycles. The summed E-state index contributed by atoms with van der Waals surface area (Å²) in [5.74, 6) is -0.679. The van der Waals surface area contributed by atoms with Crippen molar-refractivity contribution in [3.8, 4) is 0 Å². The van der Waals surface area contributed by atoms with E-state index < -0.39 is 5.97 Å². The molecule has 4 nitrogen and oxygen atoms in total. The molecule has 2 aliphatic heterocycles. The van der Waals surface area contributed by atoms with Crippen LogP contribution in [0.15, 0.2) is 0 Å². The van der Waals surface area contributed by atoms with Gasteiger partial charge in [0.2, 0.25) is 0 Å². The zero-order chi connectivity index (χ0) is 11.4. The lowest BCUT2D eigenvalue weighted by Crippen LogP contribution is -2.44. The molecule has 2 fully saturated rings. The maximum atomic E-state index is 10.5. The minimum Gasteiger partial charge on any atom is -0.481 e. The largest absolute Gasteiger partial charge is 0.481 e. The van der Waals surface area contributed by atoms with E-state index in [0.717, 1.165) is 25.7 Å². The summed E-state index contributed by atoms with van der Waals surface area (Å²) in [6.45, 7) is 5.44. The first-order valence-electron chi connectivity index (χ1n) is 6.44. The number of halogens is 1. The first kappa shape index (κ1) is 14.7. The standard InChI is InChI=1S/C12H22N2O2.ClH/c15-12(16)5-10-13-8-3-11(4-9-13)14-6-1-2-7-14;/h11H,1-10H2,(H,15,16);1H. The quantitative estimate of drug-likeness (QED) is 0.833. The third-order valence-electron chi connectivity index (χ3n) is 3.86. The van der Waals surface area contributed by atoms with Crippen molar-refractivity contribution < 1.29 is 9.90 Å². The van der Waals surface area contributed by atoms with Crippen molar-refractivity contribution in [3.05, 3.63) is 0 Å². The van der Waals surface area contributed by atoms with Gasteiger partial charge in [-0.05, 0) is 51.9 Å². The van der Waals surface area contributed by atoms with Gasteiger partial charge < -0.3 is 14.9 Å². The van der Waals surface area contributed by atoms with Gasteiger partial charge >= 0.3 is 5.97 Å². The number of piperidine rings is 1. The van der Waals surface area contributed by atoms with Crippen LogP contribution < -0.4 is 0 Å². The number of likely N-dealkylation sites (tertiary alicyclic amines) is 2. The lowest BCUT2D eigenvalue weighted by molar-refractivity contribution is -0.137. The van der Waals surface area contributed by atoms with E-state index in [2.05, 4.69) is 9.80 Å². The van der Waals surface area contributed by atoms with Crippen LogP contribution in [0.5, 0.6) is 0 Å². The van der Waals surface area contributed by atoms with Crippen LogP contribution in [0.2, 0.25) is 0 Å². The fourth-order valence-electron chi connectivity index (χ4n) is 2.87. The van der Waals surface area contributed by atoms with Gasteiger partial charge in [-0.2, -0.15) is 0 Å². The Morgan fingerprint density at radius 1 is 1.12 bits per heavy atom. The lowest BCUT2D eigenvalue weighted by atomic mass is 10.0. The predicted molar refractivity (Wildman–Crippen MR) is 69.8 cm³/mol. The Hall–Kier alpha value is -0.320. The van der Waals surface area contributed by atoms with Crippen molar-refractivity contribution in [2.24, 2.45) is 0 Å². The molecule has 1 N–H and O–H groups in total. The van der Waals surface area contributed by atoms with Crippen LogP contribution in [0, 0.1) is 0 Å². The third-order valence-corrected chi connectivity index (χ3v) is 3.86. The molecule has 17 heavy (non-hydrogen) atoms. The van der Waals surface area contributed by atoms with Gasteiger partial charge in [0.05, 0.1) is 6.42 Å². The highest BCUT2D eigenvalue weighted by molar-refractivity contribution is 5.85. The average Bonchev–Trinajstić information content (AvgIpc) is 2.80. The van der Waals surface area contributed by atoms with E-state index in [1.54, 1.807) is 0 Å². The van der Waals surface area contributed by atoms with E-state index in [1.807, 2.05) is 0 Å². The summed E-state index contributed by atoms with van der Waals surface area (Å²) >= 11 is 0. The molecule has 0 aromatic carbocycles. The summed E-state index contributed by atoms with van der Waals surface area (Å²) in [7, 11) is 0. The normalized spacial score (nSPS) is 23.5. The van der Waals surface area contributed by atoms with E-state index in [9.17, 15) is 4.79 Å². The van der Waals surface area contributed by atoms with Gasteiger partial charge in [0.1, 0.15) is 0 Å². The number of carboxylic acids is 1. The minimum absolute atomic E-state index is 0. The molecule has 5 heteroatoms. The summed E-state index contributed by atoms with van der Waals surface area (Å²) in [4.78, 5) is 15.4. The first-order valence-corrected chi connectivity index (χ1v) is 6.44. The van der Waals surface area contributed by atoms with E-state index in [1.165, 1.54) is 38.8 Å². The SMILES string of the molecule is Cl.O=C(O)CCN1CCC(N2CCCC2)CC1. The monoisotopic (exact) mass is 262 g/mol.